The molecule has 4 rings (SSSR count). The lowest BCUT2D eigenvalue weighted by molar-refractivity contribution is -0.118. The summed E-state index contributed by atoms with van der Waals surface area (Å²) in [6, 6.07) is 13.9. The monoisotopic (exact) mass is 322 g/mol. The number of hydrogen-bond donors (Lipinski definition) is 0. The van der Waals surface area contributed by atoms with Gasteiger partial charge >= 0.3 is 0 Å². The minimum atomic E-state index is -0.310. The van der Waals surface area contributed by atoms with Crippen LogP contribution in [0.4, 0.5) is 10.1 Å². The van der Waals surface area contributed by atoms with E-state index in [1.54, 1.807) is 17.2 Å². The van der Waals surface area contributed by atoms with E-state index < -0.39 is 0 Å². The highest BCUT2D eigenvalue weighted by atomic mass is 19.1. The molecule has 1 aliphatic heterocycles. The van der Waals surface area contributed by atoms with Gasteiger partial charge in [0.05, 0.1) is 12.1 Å². The lowest BCUT2D eigenvalue weighted by Crippen LogP contribution is -2.26. The standard InChI is InChI=1S/C19H15FN2O2/c20-15-3-1-2-14(10-15)17-8-9-22(19(17)23)16-6-4-13(5-7-16)18-11-21-12-24-18/h1-7,10-12,17H,8-9H2. The number of amides is 1. The summed E-state index contributed by atoms with van der Waals surface area (Å²) < 4.78 is 18.7. The van der Waals surface area contributed by atoms with E-state index >= 15 is 0 Å². The van der Waals surface area contributed by atoms with E-state index in [1.807, 2.05) is 30.3 Å². The molecule has 1 amide bonds. The van der Waals surface area contributed by atoms with Crippen molar-refractivity contribution in [2.24, 2.45) is 0 Å². The summed E-state index contributed by atoms with van der Waals surface area (Å²) >= 11 is 0. The number of benzene rings is 2. The van der Waals surface area contributed by atoms with Crippen LogP contribution in [0, 0.1) is 5.82 Å². The largest absolute Gasteiger partial charge is 0.444 e. The Bertz CT molecular complexity index is 859. The molecule has 0 spiro atoms. The minimum absolute atomic E-state index is 0.00742. The van der Waals surface area contributed by atoms with E-state index in [0.717, 1.165) is 16.8 Å². The first-order valence-electron chi connectivity index (χ1n) is 7.78. The Morgan fingerprint density at radius 3 is 2.71 bits per heavy atom. The van der Waals surface area contributed by atoms with Crippen LogP contribution in [0.25, 0.3) is 11.3 Å². The van der Waals surface area contributed by atoms with Gasteiger partial charge in [0.25, 0.3) is 0 Å². The SMILES string of the molecule is O=C1C(c2cccc(F)c2)CCN1c1ccc(-c2cnco2)cc1. The summed E-state index contributed by atoms with van der Waals surface area (Å²) in [6.45, 7) is 0.627. The summed E-state index contributed by atoms with van der Waals surface area (Å²) in [7, 11) is 0. The fourth-order valence-electron chi connectivity index (χ4n) is 3.13. The van der Waals surface area contributed by atoms with Crippen molar-refractivity contribution >= 4 is 11.6 Å². The van der Waals surface area contributed by atoms with E-state index in [2.05, 4.69) is 4.98 Å². The quantitative estimate of drug-likeness (QED) is 0.732. The number of carbonyl (C=O) groups is 1. The third-order valence-corrected chi connectivity index (χ3v) is 4.35. The van der Waals surface area contributed by atoms with E-state index in [4.69, 9.17) is 4.42 Å². The molecule has 0 saturated carbocycles. The van der Waals surface area contributed by atoms with Crippen LogP contribution >= 0.6 is 0 Å². The molecule has 4 nitrogen and oxygen atoms in total. The second kappa shape index (κ2) is 5.92. The molecule has 1 saturated heterocycles. The van der Waals surface area contributed by atoms with Gasteiger partial charge in [0.15, 0.2) is 12.2 Å². The first-order chi connectivity index (χ1) is 11.7. The van der Waals surface area contributed by atoms with Gasteiger partial charge in [-0.2, -0.15) is 0 Å². The first-order valence-corrected chi connectivity index (χ1v) is 7.78. The fourth-order valence-corrected chi connectivity index (χ4v) is 3.13. The number of oxazole rings is 1. The third-order valence-electron chi connectivity index (χ3n) is 4.35. The van der Waals surface area contributed by atoms with Crippen molar-refractivity contribution in [3.05, 3.63) is 72.5 Å². The highest BCUT2D eigenvalue weighted by Gasteiger charge is 2.33. The van der Waals surface area contributed by atoms with Gasteiger partial charge in [0.2, 0.25) is 5.91 Å². The number of hydrogen-bond acceptors (Lipinski definition) is 3. The van der Waals surface area contributed by atoms with E-state index in [-0.39, 0.29) is 17.6 Å². The summed E-state index contributed by atoms with van der Waals surface area (Å²) in [5, 5.41) is 0. The maximum absolute atomic E-state index is 13.4. The molecule has 5 heteroatoms. The molecular weight excluding hydrogens is 307 g/mol. The van der Waals surface area contributed by atoms with Crippen LogP contribution in [0.5, 0.6) is 0 Å². The van der Waals surface area contributed by atoms with Crippen molar-refractivity contribution < 1.29 is 13.6 Å². The molecular formula is C19H15FN2O2. The van der Waals surface area contributed by atoms with Gasteiger partial charge in [0.1, 0.15) is 5.82 Å². The molecule has 1 atom stereocenters. The number of carbonyl (C=O) groups excluding carboxylic acids is 1. The van der Waals surface area contributed by atoms with Crippen LogP contribution in [0.15, 0.2) is 65.5 Å². The van der Waals surface area contributed by atoms with Gasteiger partial charge in [-0.15, -0.1) is 0 Å². The molecule has 120 valence electrons. The van der Waals surface area contributed by atoms with Crippen molar-refractivity contribution in [1.29, 1.82) is 0 Å². The molecule has 1 aliphatic rings. The molecule has 1 fully saturated rings. The van der Waals surface area contributed by atoms with E-state index in [1.165, 1.54) is 18.5 Å². The molecule has 0 bridgehead atoms. The van der Waals surface area contributed by atoms with E-state index in [9.17, 15) is 9.18 Å². The number of anilines is 1. The summed E-state index contributed by atoms with van der Waals surface area (Å²) in [4.78, 5) is 18.4. The molecule has 2 heterocycles. The Kier molecular flexibility index (Phi) is 3.61. The Balaban J connectivity index is 1.56. The summed E-state index contributed by atoms with van der Waals surface area (Å²) in [6.07, 6.45) is 3.72. The number of aromatic nitrogens is 1. The number of halogens is 1. The zero-order chi connectivity index (χ0) is 16.5. The van der Waals surface area contributed by atoms with Crippen molar-refractivity contribution in [2.75, 3.05) is 11.4 Å². The van der Waals surface area contributed by atoms with Crippen LogP contribution in [0.2, 0.25) is 0 Å². The van der Waals surface area contributed by atoms with Crippen LogP contribution in [-0.4, -0.2) is 17.4 Å². The normalized spacial score (nSPS) is 17.5. The van der Waals surface area contributed by atoms with Crippen molar-refractivity contribution in [2.45, 2.75) is 12.3 Å². The average Bonchev–Trinajstić information content (AvgIpc) is 3.25. The van der Waals surface area contributed by atoms with Gasteiger partial charge in [-0.1, -0.05) is 12.1 Å². The zero-order valence-corrected chi connectivity index (χ0v) is 12.9. The minimum Gasteiger partial charge on any atom is -0.444 e. The Morgan fingerprint density at radius 1 is 1.17 bits per heavy atom. The number of rotatable bonds is 3. The van der Waals surface area contributed by atoms with Gasteiger partial charge < -0.3 is 9.32 Å². The van der Waals surface area contributed by atoms with Crippen LogP contribution in [0.1, 0.15) is 17.9 Å². The molecule has 1 unspecified atom stereocenters. The van der Waals surface area contributed by atoms with Crippen molar-refractivity contribution in [3.8, 4) is 11.3 Å². The second-order valence-electron chi connectivity index (χ2n) is 5.80. The lowest BCUT2D eigenvalue weighted by atomic mass is 9.98. The molecule has 1 aromatic heterocycles. The van der Waals surface area contributed by atoms with Crippen molar-refractivity contribution in [1.82, 2.24) is 4.98 Å². The maximum Gasteiger partial charge on any atom is 0.234 e. The molecule has 0 radical (unpaired) electrons. The highest BCUT2D eigenvalue weighted by molar-refractivity contribution is 6.00. The smallest absolute Gasteiger partial charge is 0.234 e. The van der Waals surface area contributed by atoms with Crippen LogP contribution < -0.4 is 4.90 Å². The second-order valence-corrected chi connectivity index (χ2v) is 5.80. The third kappa shape index (κ3) is 2.58. The summed E-state index contributed by atoms with van der Waals surface area (Å²) in [5.41, 5.74) is 2.48. The predicted molar refractivity (Wildman–Crippen MR) is 88.1 cm³/mol. The van der Waals surface area contributed by atoms with Gasteiger partial charge in [0, 0.05) is 17.8 Å². The zero-order valence-electron chi connectivity index (χ0n) is 12.9. The topological polar surface area (TPSA) is 46.3 Å². The van der Waals surface area contributed by atoms with Gasteiger partial charge in [-0.3, -0.25) is 4.79 Å². The summed E-state index contributed by atoms with van der Waals surface area (Å²) in [5.74, 6) is 0.102. The molecule has 3 aromatic rings. The fraction of sp³-hybridized carbons (Fsp3) is 0.158. The molecule has 2 aromatic carbocycles. The maximum atomic E-state index is 13.4. The van der Waals surface area contributed by atoms with Crippen molar-refractivity contribution in [3.63, 3.8) is 0 Å². The molecule has 24 heavy (non-hydrogen) atoms. The first kappa shape index (κ1) is 14.6. The predicted octanol–water partition coefficient (Wildman–Crippen LogP) is 4.00. The molecule has 0 N–H and O–H groups in total. The van der Waals surface area contributed by atoms with Gasteiger partial charge in [-0.05, 0) is 48.4 Å². The number of nitrogens with zero attached hydrogens (tertiary/aromatic N) is 2. The van der Waals surface area contributed by atoms with Crippen LogP contribution in [-0.2, 0) is 4.79 Å². The van der Waals surface area contributed by atoms with Crippen LogP contribution in [0.3, 0.4) is 0 Å². The Morgan fingerprint density at radius 2 is 2.00 bits per heavy atom. The Labute approximate surface area is 138 Å². The van der Waals surface area contributed by atoms with E-state index in [0.29, 0.717) is 18.7 Å². The molecule has 0 aliphatic carbocycles. The van der Waals surface area contributed by atoms with Gasteiger partial charge in [-0.25, -0.2) is 9.37 Å². The average molecular weight is 322 g/mol. The highest BCUT2D eigenvalue weighted by Crippen LogP contribution is 2.33. The Hall–Kier alpha value is -2.95. The lowest BCUT2D eigenvalue weighted by Gasteiger charge is -2.17.